The minimum Gasteiger partial charge on any atom is -0.478 e. The molecule has 6 heteroatoms. The number of benzene rings is 1. The third kappa shape index (κ3) is 7.15. The van der Waals surface area contributed by atoms with E-state index in [4.69, 9.17) is 5.11 Å². The number of hydrogen-bond donors (Lipinski definition) is 3. The van der Waals surface area contributed by atoms with Crippen molar-refractivity contribution in [2.45, 2.75) is 27.2 Å². The van der Waals surface area contributed by atoms with Gasteiger partial charge in [-0.3, -0.25) is 4.99 Å². The van der Waals surface area contributed by atoms with Crippen LogP contribution < -0.4 is 10.6 Å². The third-order valence-electron chi connectivity index (χ3n) is 3.61. The molecule has 128 valence electrons. The van der Waals surface area contributed by atoms with Crippen LogP contribution in [0.25, 0.3) is 0 Å². The second-order valence-electron chi connectivity index (χ2n) is 5.14. The van der Waals surface area contributed by atoms with Crippen molar-refractivity contribution in [3.8, 4) is 0 Å². The molecular formula is C17H28N4O2. The summed E-state index contributed by atoms with van der Waals surface area (Å²) in [5.74, 6) is -0.226. The smallest absolute Gasteiger partial charge is 0.335 e. The van der Waals surface area contributed by atoms with E-state index in [1.54, 1.807) is 18.2 Å². The highest BCUT2D eigenvalue weighted by Crippen LogP contribution is 2.10. The molecule has 0 aromatic heterocycles. The maximum absolute atomic E-state index is 10.8. The normalized spacial score (nSPS) is 13.5. The number of nitrogens with zero attached hydrogens (tertiary/aromatic N) is 2. The van der Waals surface area contributed by atoms with E-state index in [9.17, 15) is 4.79 Å². The maximum atomic E-state index is 10.8. The van der Waals surface area contributed by atoms with Crippen molar-refractivity contribution < 1.29 is 9.90 Å². The Labute approximate surface area is 138 Å². The molecule has 0 spiro atoms. The molecule has 0 fully saturated rings. The molecule has 0 amide bonds. The zero-order valence-electron chi connectivity index (χ0n) is 14.3. The van der Waals surface area contributed by atoms with Crippen molar-refractivity contribution in [2.75, 3.05) is 38.0 Å². The highest BCUT2D eigenvalue weighted by atomic mass is 16.4. The number of carboxylic acid groups (broad SMARTS) is 1. The van der Waals surface area contributed by atoms with E-state index in [1.165, 1.54) is 19.6 Å². The van der Waals surface area contributed by atoms with Crippen molar-refractivity contribution >= 4 is 17.6 Å². The first-order valence-electron chi connectivity index (χ1n) is 8.21. The summed E-state index contributed by atoms with van der Waals surface area (Å²) in [5.41, 5.74) is 0.995. The molecule has 0 radical (unpaired) electrons. The Morgan fingerprint density at radius 2 is 2.00 bits per heavy atom. The average molecular weight is 320 g/mol. The van der Waals surface area contributed by atoms with Crippen molar-refractivity contribution in [3.05, 3.63) is 29.8 Å². The fourth-order valence-corrected chi connectivity index (χ4v) is 2.15. The number of carbonyl (C=O) groups is 1. The van der Waals surface area contributed by atoms with Gasteiger partial charge in [-0.15, -0.1) is 0 Å². The molecule has 23 heavy (non-hydrogen) atoms. The minimum atomic E-state index is -0.929. The molecule has 0 aliphatic carbocycles. The molecule has 1 aromatic rings. The first kappa shape index (κ1) is 19.0. The van der Waals surface area contributed by atoms with Crippen LogP contribution in [0.15, 0.2) is 29.3 Å². The van der Waals surface area contributed by atoms with E-state index in [2.05, 4.69) is 41.3 Å². The molecule has 0 bridgehead atoms. The lowest BCUT2D eigenvalue weighted by Gasteiger charge is -2.16. The van der Waals surface area contributed by atoms with Gasteiger partial charge in [-0.25, -0.2) is 4.79 Å². The molecule has 1 aliphatic heterocycles. The molecule has 1 aliphatic rings. The Balaban J connectivity index is 0.000000322. The van der Waals surface area contributed by atoms with Crippen LogP contribution in [0.5, 0.6) is 0 Å². The second-order valence-corrected chi connectivity index (χ2v) is 5.14. The van der Waals surface area contributed by atoms with Gasteiger partial charge in [0.2, 0.25) is 0 Å². The molecule has 1 aromatic carbocycles. The Bertz CT molecular complexity index is 508. The van der Waals surface area contributed by atoms with Crippen LogP contribution in [-0.2, 0) is 0 Å². The van der Waals surface area contributed by atoms with Gasteiger partial charge in [-0.05, 0) is 44.3 Å². The Hall–Kier alpha value is -2.08. The maximum Gasteiger partial charge on any atom is 0.335 e. The zero-order chi connectivity index (χ0) is 17.1. The molecule has 3 N–H and O–H groups in total. The highest BCUT2D eigenvalue weighted by Gasteiger charge is 2.06. The topological polar surface area (TPSA) is 77.0 Å². The van der Waals surface area contributed by atoms with Crippen LogP contribution in [0.4, 0.5) is 5.69 Å². The lowest BCUT2D eigenvalue weighted by Crippen LogP contribution is -2.35. The van der Waals surface area contributed by atoms with Crippen LogP contribution in [-0.4, -0.2) is 54.7 Å². The SMILES string of the molecule is CCN(CC)CC.O=C(O)c1cccc(NC2=NCCCN2)c1. The number of guanidine groups is 1. The molecule has 2 rings (SSSR count). The van der Waals surface area contributed by atoms with Gasteiger partial charge >= 0.3 is 5.97 Å². The first-order valence-corrected chi connectivity index (χ1v) is 8.21. The summed E-state index contributed by atoms with van der Waals surface area (Å²) in [6.45, 7) is 11.8. The largest absolute Gasteiger partial charge is 0.478 e. The summed E-state index contributed by atoms with van der Waals surface area (Å²) in [4.78, 5) is 17.4. The summed E-state index contributed by atoms with van der Waals surface area (Å²) in [5, 5.41) is 15.0. The molecule has 1 heterocycles. The first-order chi connectivity index (χ1) is 11.1. The zero-order valence-corrected chi connectivity index (χ0v) is 14.3. The van der Waals surface area contributed by atoms with E-state index in [1.807, 2.05) is 6.07 Å². The number of aliphatic imine (C=N–C) groups is 1. The van der Waals surface area contributed by atoms with Gasteiger partial charge in [0, 0.05) is 18.8 Å². The van der Waals surface area contributed by atoms with E-state index >= 15 is 0 Å². The summed E-state index contributed by atoms with van der Waals surface area (Å²) >= 11 is 0. The van der Waals surface area contributed by atoms with Gasteiger partial charge in [0.05, 0.1) is 5.56 Å². The third-order valence-corrected chi connectivity index (χ3v) is 3.61. The highest BCUT2D eigenvalue weighted by molar-refractivity contribution is 5.95. The van der Waals surface area contributed by atoms with Crippen LogP contribution >= 0.6 is 0 Å². The van der Waals surface area contributed by atoms with Gasteiger partial charge in [0.15, 0.2) is 5.96 Å². The number of rotatable bonds is 5. The predicted octanol–water partition coefficient (Wildman–Crippen LogP) is 2.49. The summed E-state index contributed by atoms with van der Waals surface area (Å²) in [6, 6.07) is 6.66. The van der Waals surface area contributed by atoms with Gasteiger partial charge in [0.1, 0.15) is 0 Å². The lowest BCUT2D eigenvalue weighted by atomic mass is 10.2. The Kier molecular flexibility index (Phi) is 8.75. The number of hydrogen-bond acceptors (Lipinski definition) is 5. The van der Waals surface area contributed by atoms with Crippen LogP contribution in [0, 0.1) is 0 Å². The summed E-state index contributed by atoms with van der Waals surface area (Å²) < 4.78 is 0. The molecule has 0 saturated carbocycles. The monoisotopic (exact) mass is 320 g/mol. The molecule has 6 nitrogen and oxygen atoms in total. The van der Waals surface area contributed by atoms with E-state index < -0.39 is 5.97 Å². The second kappa shape index (κ2) is 10.6. The fourth-order valence-electron chi connectivity index (χ4n) is 2.15. The predicted molar refractivity (Wildman–Crippen MR) is 95.4 cm³/mol. The van der Waals surface area contributed by atoms with Crippen LogP contribution in [0.1, 0.15) is 37.6 Å². The van der Waals surface area contributed by atoms with Crippen LogP contribution in [0.2, 0.25) is 0 Å². The summed E-state index contributed by atoms with van der Waals surface area (Å²) in [6.07, 6.45) is 1.03. The van der Waals surface area contributed by atoms with Gasteiger partial charge in [-0.2, -0.15) is 0 Å². The van der Waals surface area contributed by atoms with Gasteiger partial charge in [0.25, 0.3) is 0 Å². The van der Waals surface area contributed by atoms with Gasteiger partial charge < -0.3 is 20.6 Å². The number of carboxylic acids is 1. The number of anilines is 1. The molecule has 0 atom stereocenters. The van der Waals surface area contributed by atoms with E-state index in [0.29, 0.717) is 5.96 Å². The van der Waals surface area contributed by atoms with Crippen molar-refractivity contribution in [3.63, 3.8) is 0 Å². The Morgan fingerprint density at radius 1 is 1.30 bits per heavy atom. The van der Waals surface area contributed by atoms with E-state index in [-0.39, 0.29) is 5.56 Å². The van der Waals surface area contributed by atoms with Crippen LogP contribution in [0.3, 0.4) is 0 Å². The lowest BCUT2D eigenvalue weighted by molar-refractivity contribution is 0.0697. The minimum absolute atomic E-state index is 0.265. The molecule has 0 unspecified atom stereocenters. The average Bonchev–Trinajstić information content (AvgIpc) is 2.58. The molecular weight excluding hydrogens is 292 g/mol. The van der Waals surface area contributed by atoms with Crippen molar-refractivity contribution in [2.24, 2.45) is 4.99 Å². The molecule has 0 saturated heterocycles. The summed E-state index contributed by atoms with van der Waals surface area (Å²) in [7, 11) is 0. The van der Waals surface area contributed by atoms with Crippen molar-refractivity contribution in [1.82, 2.24) is 10.2 Å². The Morgan fingerprint density at radius 3 is 2.48 bits per heavy atom. The standard InChI is InChI=1S/C11H13N3O2.C6H15N/c15-10(16)8-3-1-4-9(7-8)14-11-12-5-2-6-13-11;1-4-7(5-2)6-3/h1,3-4,7H,2,5-6H2,(H,15,16)(H2,12,13,14);4-6H2,1-3H3. The van der Waals surface area contributed by atoms with E-state index in [0.717, 1.165) is 25.2 Å². The van der Waals surface area contributed by atoms with Crippen molar-refractivity contribution in [1.29, 1.82) is 0 Å². The van der Waals surface area contributed by atoms with Gasteiger partial charge in [-0.1, -0.05) is 26.8 Å². The number of nitrogens with one attached hydrogen (secondary N) is 2. The number of aromatic carboxylic acids is 1. The quantitative estimate of drug-likeness (QED) is 0.777. The fraction of sp³-hybridized carbons (Fsp3) is 0.529.